The van der Waals surface area contributed by atoms with E-state index in [4.69, 9.17) is 9.26 Å². The molecule has 1 N–H and O–H groups in total. The number of benzene rings is 1. The van der Waals surface area contributed by atoms with E-state index in [-0.39, 0.29) is 24.2 Å². The van der Waals surface area contributed by atoms with Crippen molar-refractivity contribution in [1.29, 1.82) is 0 Å². The van der Waals surface area contributed by atoms with E-state index in [1.54, 1.807) is 30.9 Å². The molecule has 29 heavy (non-hydrogen) atoms. The molecular weight excluding hydrogens is 368 g/mol. The summed E-state index contributed by atoms with van der Waals surface area (Å²) in [4.78, 5) is 20.7. The van der Waals surface area contributed by atoms with Gasteiger partial charge in [-0.15, -0.1) is 0 Å². The smallest absolute Gasteiger partial charge is 0.273 e. The average molecular weight is 388 g/mol. The zero-order valence-electron chi connectivity index (χ0n) is 15.9. The molecule has 0 spiro atoms. The van der Waals surface area contributed by atoms with Crippen molar-refractivity contribution in [2.24, 2.45) is 0 Å². The Morgan fingerprint density at radius 1 is 1.14 bits per heavy atom. The number of nitrogens with one attached hydrogen (secondary N) is 1. The van der Waals surface area contributed by atoms with Crippen LogP contribution in [0.4, 0.5) is 0 Å². The molecule has 0 aliphatic heterocycles. The van der Waals surface area contributed by atoms with E-state index in [1.807, 2.05) is 43.3 Å². The fraction of sp³-hybridized carbons (Fsp3) is 0.182. The number of carbonyl (C=O) groups is 1. The molecule has 146 valence electrons. The Morgan fingerprint density at radius 3 is 2.79 bits per heavy atom. The summed E-state index contributed by atoms with van der Waals surface area (Å²) in [5.41, 5.74) is 1.21. The number of pyridine rings is 2. The Kier molecular flexibility index (Phi) is 5.47. The highest BCUT2D eigenvalue weighted by Gasteiger charge is 2.18. The molecule has 0 radical (unpaired) electrons. The first-order chi connectivity index (χ1) is 14.2. The molecule has 0 aliphatic rings. The Labute approximate surface area is 167 Å². The lowest BCUT2D eigenvalue weighted by Crippen LogP contribution is -2.28. The summed E-state index contributed by atoms with van der Waals surface area (Å²) < 4.78 is 11.2. The lowest BCUT2D eigenvalue weighted by atomic mass is 10.1. The van der Waals surface area contributed by atoms with E-state index in [0.717, 1.165) is 28.5 Å². The lowest BCUT2D eigenvalue weighted by molar-refractivity contribution is 0.0926. The molecule has 7 heteroatoms. The number of fused-ring (bicyclic) bond motifs is 1. The largest absolute Gasteiger partial charge is 0.485 e. The molecular formula is C22H20N4O3. The van der Waals surface area contributed by atoms with Crippen LogP contribution in [0.25, 0.3) is 10.8 Å². The first kappa shape index (κ1) is 18.6. The minimum atomic E-state index is -0.292. The van der Waals surface area contributed by atoms with Gasteiger partial charge in [0.05, 0.1) is 6.04 Å². The highest BCUT2D eigenvalue weighted by atomic mass is 16.5. The van der Waals surface area contributed by atoms with Crippen LogP contribution < -0.4 is 10.1 Å². The minimum Gasteiger partial charge on any atom is -0.485 e. The first-order valence-corrected chi connectivity index (χ1v) is 9.36. The van der Waals surface area contributed by atoms with Crippen LogP contribution in [0.1, 0.15) is 41.2 Å². The van der Waals surface area contributed by atoms with Gasteiger partial charge in [0, 0.05) is 41.6 Å². The third-order valence-electron chi connectivity index (χ3n) is 4.62. The van der Waals surface area contributed by atoms with Gasteiger partial charge in [0.1, 0.15) is 12.4 Å². The van der Waals surface area contributed by atoms with Crippen LogP contribution in [-0.4, -0.2) is 21.0 Å². The number of nitrogens with zero attached hydrogens (tertiary/aromatic N) is 3. The maximum absolute atomic E-state index is 12.6. The van der Waals surface area contributed by atoms with Gasteiger partial charge in [0.15, 0.2) is 11.5 Å². The van der Waals surface area contributed by atoms with Gasteiger partial charge in [0.2, 0.25) is 0 Å². The fourth-order valence-electron chi connectivity index (χ4n) is 3.10. The summed E-state index contributed by atoms with van der Waals surface area (Å²) in [5, 5.41) is 8.81. The molecule has 0 aliphatic carbocycles. The second-order valence-corrected chi connectivity index (χ2v) is 6.53. The monoisotopic (exact) mass is 388 g/mol. The lowest BCUT2D eigenvalue weighted by Gasteiger charge is -2.16. The van der Waals surface area contributed by atoms with Gasteiger partial charge < -0.3 is 14.6 Å². The van der Waals surface area contributed by atoms with E-state index < -0.39 is 0 Å². The third kappa shape index (κ3) is 4.24. The van der Waals surface area contributed by atoms with Crippen molar-refractivity contribution in [2.45, 2.75) is 26.0 Å². The summed E-state index contributed by atoms with van der Waals surface area (Å²) in [5.74, 6) is 0.897. The third-order valence-corrected chi connectivity index (χ3v) is 4.62. The van der Waals surface area contributed by atoms with Gasteiger partial charge in [-0.2, -0.15) is 0 Å². The Hall–Kier alpha value is -3.74. The van der Waals surface area contributed by atoms with Crippen LogP contribution in [0.3, 0.4) is 0 Å². The number of hydrogen-bond donors (Lipinski definition) is 1. The summed E-state index contributed by atoms with van der Waals surface area (Å²) in [7, 11) is 0. The van der Waals surface area contributed by atoms with Crippen molar-refractivity contribution in [3.8, 4) is 5.75 Å². The van der Waals surface area contributed by atoms with Crippen LogP contribution in [-0.2, 0) is 6.61 Å². The summed E-state index contributed by atoms with van der Waals surface area (Å²) in [6.45, 7) is 2.18. The number of carbonyl (C=O) groups excluding carboxylic acids is 1. The topological polar surface area (TPSA) is 90.1 Å². The average Bonchev–Trinajstić information content (AvgIpc) is 3.25. The molecule has 0 saturated carbocycles. The summed E-state index contributed by atoms with van der Waals surface area (Å²) >= 11 is 0. The predicted octanol–water partition coefficient (Wildman–Crippen LogP) is 4.08. The van der Waals surface area contributed by atoms with Gasteiger partial charge in [-0.1, -0.05) is 24.2 Å². The molecule has 0 unspecified atom stereocenters. The number of ether oxygens (including phenoxy) is 1. The van der Waals surface area contributed by atoms with Crippen molar-refractivity contribution in [3.05, 3.63) is 84.3 Å². The molecule has 3 heterocycles. The predicted molar refractivity (Wildman–Crippen MR) is 107 cm³/mol. The Morgan fingerprint density at radius 2 is 1.97 bits per heavy atom. The van der Waals surface area contributed by atoms with Gasteiger partial charge in [-0.25, -0.2) is 0 Å². The van der Waals surface area contributed by atoms with Crippen molar-refractivity contribution in [1.82, 2.24) is 20.4 Å². The number of hydrogen-bond acceptors (Lipinski definition) is 6. The molecule has 1 aromatic carbocycles. The molecule has 0 bridgehead atoms. The van der Waals surface area contributed by atoms with Crippen LogP contribution in [0.15, 0.2) is 71.8 Å². The number of aromatic nitrogens is 3. The van der Waals surface area contributed by atoms with E-state index in [1.165, 1.54) is 0 Å². The zero-order valence-corrected chi connectivity index (χ0v) is 15.9. The van der Waals surface area contributed by atoms with Crippen molar-refractivity contribution >= 4 is 16.7 Å². The quantitative estimate of drug-likeness (QED) is 0.513. The molecule has 3 aromatic heterocycles. The molecule has 1 amide bonds. The number of amides is 1. The minimum absolute atomic E-state index is 0.119. The van der Waals surface area contributed by atoms with E-state index >= 15 is 0 Å². The van der Waals surface area contributed by atoms with Gasteiger partial charge >= 0.3 is 0 Å². The van der Waals surface area contributed by atoms with Crippen LogP contribution >= 0.6 is 0 Å². The zero-order chi connectivity index (χ0) is 20.1. The van der Waals surface area contributed by atoms with E-state index in [9.17, 15) is 4.79 Å². The summed E-state index contributed by atoms with van der Waals surface area (Å²) in [6, 6.07) is 12.9. The maximum atomic E-state index is 12.6. The highest BCUT2D eigenvalue weighted by Crippen LogP contribution is 2.25. The van der Waals surface area contributed by atoms with Gasteiger partial charge in [-0.3, -0.25) is 14.8 Å². The second-order valence-electron chi connectivity index (χ2n) is 6.53. The van der Waals surface area contributed by atoms with Crippen LogP contribution in [0.2, 0.25) is 0 Å². The molecule has 7 nitrogen and oxygen atoms in total. The highest BCUT2D eigenvalue weighted by molar-refractivity contribution is 5.92. The molecule has 0 saturated heterocycles. The van der Waals surface area contributed by atoms with E-state index in [0.29, 0.717) is 5.76 Å². The van der Waals surface area contributed by atoms with Crippen LogP contribution in [0.5, 0.6) is 5.75 Å². The molecule has 4 aromatic rings. The fourth-order valence-corrected chi connectivity index (χ4v) is 3.10. The van der Waals surface area contributed by atoms with Crippen molar-refractivity contribution < 1.29 is 14.1 Å². The maximum Gasteiger partial charge on any atom is 0.273 e. The van der Waals surface area contributed by atoms with Gasteiger partial charge in [0.25, 0.3) is 5.91 Å². The Balaban J connectivity index is 1.42. The Bertz CT molecular complexity index is 1110. The summed E-state index contributed by atoms with van der Waals surface area (Å²) in [6.07, 6.45) is 7.67. The normalized spacial score (nSPS) is 11.9. The van der Waals surface area contributed by atoms with E-state index in [2.05, 4.69) is 20.4 Å². The SMILES string of the molecule is CC[C@@H](NC(=O)c1cc(COc2cccc3cnccc23)on1)c1ccncc1. The first-order valence-electron chi connectivity index (χ1n) is 9.36. The van der Waals surface area contributed by atoms with Gasteiger partial charge in [-0.05, 0) is 36.2 Å². The second kappa shape index (κ2) is 8.52. The van der Waals surface area contributed by atoms with Crippen LogP contribution in [0, 0.1) is 0 Å². The molecule has 1 atom stereocenters. The number of rotatable bonds is 7. The molecule has 0 fully saturated rings. The van der Waals surface area contributed by atoms with Crippen molar-refractivity contribution in [3.63, 3.8) is 0 Å². The molecule has 4 rings (SSSR count). The van der Waals surface area contributed by atoms with Crippen molar-refractivity contribution in [2.75, 3.05) is 0 Å². The standard InChI is InChI=1S/C22H20N4O3/c1-2-19(15-6-9-23-10-7-15)25-22(27)20-12-17(29-26-20)14-28-21-5-3-4-16-13-24-11-8-18(16)21/h3-13,19H,2,14H2,1H3,(H,25,27)/t19-/m1/s1.